The van der Waals surface area contributed by atoms with Gasteiger partial charge in [0.15, 0.2) is 0 Å². The van der Waals surface area contributed by atoms with Crippen LogP contribution >= 0.6 is 0 Å². The minimum atomic E-state index is -1.29. The fraction of sp³-hybridized carbons (Fsp3) is 0.294. The number of aromatic nitrogens is 3. The summed E-state index contributed by atoms with van der Waals surface area (Å²) in [6.07, 6.45) is 5.20. The van der Waals surface area contributed by atoms with Gasteiger partial charge in [-0.05, 0) is 38.1 Å². The summed E-state index contributed by atoms with van der Waals surface area (Å²) in [6, 6.07) is 7.23. The molecule has 3 aromatic heterocycles. The van der Waals surface area contributed by atoms with Crippen molar-refractivity contribution in [1.29, 1.82) is 0 Å². The topological polar surface area (TPSA) is 85.2 Å². The number of aliphatic hydroxyl groups is 1. The summed E-state index contributed by atoms with van der Waals surface area (Å²) in [5.74, 6) is 1.47. The lowest BCUT2D eigenvalue weighted by Gasteiger charge is -2.21. The molecule has 3 rings (SSSR count). The molecule has 7 nitrogen and oxygen atoms in total. The van der Waals surface area contributed by atoms with Crippen LogP contribution in [-0.4, -0.2) is 31.9 Å². The molecule has 24 heavy (non-hydrogen) atoms. The number of furan rings is 1. The Morgan fingerprint density at radius 1 is 1.38 bits per heavy atom. The fourth-order valence-electron chi connectivity index (χ4n) is 2.53. The average Bonchev–Trinajstić information content (AvgIpc) is 3.25. The lowest BCUT2D eigenvalue weighted by atomic mass is 10.0. The summed E-state index contributed by atoms with van der Waals surface area (Å²) in [5.41, 5.74) is -0.861. The molecule has 0 aliphatic rings. The molecule has 3 heterocycles. The highest BCUT2D eigenvalue weighted by Gasteiger charge is 2.28. The van der Waals surface area contributed by atoms with Crippen molar-refractivity contribution in [2.45, 2.75) is 19.4 Å². The summed E-state index contributed by atoms with van der Waals surface area (Å²) in [5, 5.41) is 17.4. The summed E-state index contributed by atoms with van der Waals surface area (Å²) in [6.45, 7) is 3.43. The molecule has 0 saturated carbocycles. The van der Waals surface area contributed by atoms with Crippen LogP contribution in [0.15, 0.2) is 47.3 Å². The zero-order valence-electron chi connectivity index (χ0n) is 13.9. The Labute approximate surface area is 139 Å². The van der Waals surface area contributed by atoms with Gasteiger partial charge >= 0.3 is 0 Å². The summed E-state index contributed by atoms with van der Waals surface area (Å²) < 4.78 is 8.89. The first-order chi connectivity index (χ1) is 11.4. The monoisotopic (exact) mass is 328 g/mol. The molecule has 126 valence electrons. The number of hydrogen-bond donors (Lipinski definition) is 2. The molecule has 0 bridgehead atoms. The molecule has 1 atom stereocenters. The highest BCUT2D eigenvalue weighted by molar-refractivity contribution is 5.97. The largest absolute Gasteiger partial charge is 0.463 e. The number of carbonyl (C=O) groups is 1. The predicted molar refractivity (Wildman–Crippen MR) is 87.9 cm³/mol. The number of amides is 1. The van der Waals surface area contributed by atoms with Gasteiger partial charge in [0.1, 0.15) is 28.5 Å². The van der Waals surface area contributed by atoms with E-state index in [1.165, 1.54) is 6.20 Å². The van der Waals surface area contributed by atoms with Crippen LogP contribution in [0.1, 0.15) is 28.8 Å². The first-order valence-corrected chi connectivity index (χ1v) is 7.61. The molecule has 0 radical (unpaired) electrons. The van der Waals surface area contributed by atoms with E-state index in [2.05, 4.69) is 10.4 Å². The molecule has 1 amide bonds. The normalized spacial score (nSPS) is 13.7. The van der Waals surface area contributed by atoms with Gasteiger partial charge in [0.05, 0.1) is 12.7 Å². The molecule has 2 N–H and O–H groups in total. The van der Waals surface area contributed by atoms with Gasteiger partial charge in [-0.1, -0.05) is 0 Å². The standard InChI is InChI=1S/C17H20N4O3/c1-12-6-7-14(24-12)17(2,23)11-18-15(22)13-10-19-20(3)16(13)21-8-4-5-9-21/h4-10,23H,11H2,1-3H3,(H,18,22). The second-order valence-corrected chi connectivity index (χ2v) is 5.96. The minimum absolute atomic E-state index is 0.0266. The summed E-state index contributed by atoms with van der Waals surface area (Å²) in [7, 11) is 1.77. The lowest BCUT2D eigenvalue weighted by molar-refractivity contribution is 0.0323. The van der Waals surface area contributed by atoms with E-state index in [1.54, 1.807) is 37.7 Å². The number of nitrogens with zero attached hydrogens (tertiary/aromatic N) is 3. The Hall–Kier alpha value is -2.80. The van der Waals surface area contributed by atoms with Crippen molar-refractivity contribution in [2.24, 2.45) is 7.05 Å². The Kier molecular flexibility index (Phi) is 4.02. The number of hydrogen-bond acceptors (Lipinski definition) is 4. The predicted octanol–water partition coefficient (Wildman–Crippen LogP) is 1.75. The molecule has 1 unspecified atom stereocenters. The molecular weight excluding hydrogens is 308 g/mol. The zero-order chi connectivity index (χ0) is 17.3. The number of aryl methyl sites for hydroxylation is 2. The van der Waals surface area contributed by atoms with Gasteiger partial charge in [-0.15, -0.1) is 0 Å². The Morgan fingerprint density at radius 2 is 2.08 bits per heavy atom. The van der Waals surface area contributed by atoms with Crippen LogP contribution in [0.4, 0.5) is 0 Å². The van der Waals surface area contributed by atoms with Gasteiger partial charge in [0, 0.05) is 19.4 Å². The van der Waals surface area contributed by atoms with Crippen LogP contribution in [0.5, 0.6) is 0 Å². The third kappa shape index (κ3) is 2.98. The fourth-order valence-corrected chi connectivity index (χ4v) is 2.53. The molecule has 3 aromatic rings. The smallest absolute Gasteiger partial charge is 0.256 e. The molecule has 0 aliphatic heterocycles. The van der Waals surface area contributed by atoms with Crippen LogP contribution in [0.3, 0.4) is 0 Å². The van der Waals surface area contributed by atoms with Crippen molar-refractivity contribution in [2.75, 3.05) is 6.54 Å². The molecule has 7 heteroatoms. The van der Waals surface area contributed by atoms with E-state index >= 15 is 0 Å². The van der Waals surface area contributed by atoms with Crippen molar-refractivity contribution in [3.8, 4) is 5.82 Å². The molecule has 0 saturated heterocycles. The van der Waals surface area contributed by atoms with Crippen LogP contribution in [0.25, 0.3) is 5.82 Å². The molecular formula is C17H20N4O3. The second-order valence-electron chi connectivity index (χ2n) is 5.96. The maximum Gasteiger partial charge on any atom is 0.256 e. The van der Waals surface area contributed by atoms with Gasteiger partial charge in [0.25, 0.3) is 5.91 Å². The van der Waals surface area contributed by atoms with Gasteiger partial charge in [0.2, 0.25) is 0 Å². The van der Waals surface area contributed by atoms with E-state index < -0.39 is 5.60 Å². The molecule has 0 spiro atoms. The van der Waals surface area contributed by atoms with E-state index in [0.29, 0.717) is 22.9 Å². The summed E-state index contributed by atoms with van der Waals surface area (Å²) in [4.78, 5) is 12.5. The van der Waals surface area contributed by atoms with Gasteiger partial charge in [-0.2, -0.15) is 5.10 Å². The molecule has 0 aromatic carbocycles. The lowest BCUT2D eigenvalue weighted by Crippen LogP contribution is -2.38. The maximum atomic E-state index is 12.5. The van der Waals surface area contributed by atoms with Crippen molar-refractivity contribution in [3.63, 3.8) is 0 Å². The SMILES string of the molecule is Cc1ccc(C(C)(O)CNC(=O)c2cnn(C)c2-n2cccc2)o1. The second kappa shape index (κ2) is 6.01. The van der Waals surface area contributed by atoms with Gasteiger partial charge in [-0.3, -0.25) is 9.48 Å². The summed E-state index contributed by atoms with van der Waals surface area (Å²) >= 11 is 0. The highest BCUT2D eigenvalue weighted by Crippen LogP contribution is 2.22. The van der Waals surface area contributed by atoms with E-state index in [1.807, 2.05) is 29.1 Å². The Bertz CT molecular complexity index is 843. The van der Waals surface area contributed by atoms with E-state index in [-0.39, 0.29) is 12.5 Å². The van der Waals surface area contributed by atoms with Gasteiger partial charge in [-0.25, -0.2) is 0 Å². The van der Waals surface area contributed by atoms with Crippen LogP contribution in [0.2, 0.25) is 0 Å². The highest BCUT2D eigenvalue weighted by atomic mass is 16.4. The number of nitrogens with one attached hydrogen (secondary N) is 1. The minimum Gasteiger partial charge on any atom is -0.463 e. The third-order valence-corrected chi connectivity index (χ3v) is 3.87. The molecule has 0 aliphatic carbocycles. The first-order valence-electron chi connectivity index (χ1n) is 7.61. The Balaban J connectivity index is 1.77. The van der Waals surface area contributed by atoms with Crippen LogP contribution in [0, 0.1) is 6.92 Å². The first kappa shape index (κ1) is 16.1. The number of rotatable bonds is 5. The van der Waals surface area contributed by atoms with Crippen molar-refractivity contribution in [3.05, 3.63) is 59.9 Å². The van der Waals surface area contributed by atoms with Crippen molar-refractivity contribution >= 4 is 5.91 Å². The molecule has 0 fully saturated rings. The quantitative estimate of drug-likeness (QED) is 0.747. The van der Waals surface area contributed by atoms with Gasteiger partial charge < -0.3 is 19.4 Å². The number of carbonyl (C=O) groups excluding carboxylic acids is 1. The van der Waals surface area contributed by atoms with E-state index in [4.69, 9.17) is 4.42 Å². The average molecular weight is 328 g/mol. The zero-order valence-corrected chi connectivity index (χ0v) is 13.9. The Morgan fingerprint density at radius 3 is 2.71 bits per heavy atom. The van der Waals surface area contributed by atoms with Crippen LogP contribution < -0.4 is 5.32 Å². The van der Waals surface area contributed by atoms with Crippen molar-refractivity contribution < 1.29 is 14.3 Å². The van der Waals surface area contributed by atoms with E-state index in [9.17, 15) is 9.90 Å². The maximum absolute atomic E-state index is 12.5. The van der Waals surface area contributed by atoms with Crippen molar-refractivity contribution in [1.82, 2.24) is 19.7 Å². The third-order valence-electron chi connectivity index (χ3n) is 3.87. The van der Waals surface area contributed by atoms with E-state index in [0.717, 1.165) is 0 Å². The van der Waals surface area contributed by atoms with Crippen LogP contribution in [-0.2, 0) is 12.6 Å².